The minimum atomic E-state index is -0.499. The molecule has 8 heteroatoms. The first kappa shape index (κ1) is 19.9. The number of anilines is 1. The number of methoxy groups -OCH3 is 1. The molecule has 0 radical (unpaired) electrons. The molecule has 2 fully saturated rings. The minimum Gasteiger partial charge on any atom is -0.465 e. The second-order valence-corrected chi connectivity index (χ2v) is 7.75. The van der Waals surface area contributed by atoms with Crippen LogP contribution in [0.5, 0.6) is 0 Å². The molecule has 1 atom stereocenters. The molecule has 2 aromatic rings. The van der Waals surface area contributed by atoms with E-state index in [1.807, 2.05) is 23.1 Å². The lowest BCUT2D eigenvalue weighted by atomic mass is 9.85. The van der Waals surface area contributed by atoms with Crippen molar-refractivity contribution >= 4 is 23.6 Å². The Morgan fingerprint density at radius 3 is 2.60 bits per heavy atom. The Balaban J connectivity index is 1.36. The molecule has 2 saturated heterocycles. The number of hydrogen-bond acceptors (Lipinski definition) is 5. The quantitative estimate of drug-likeness (QED) is 0.785. The normalized spacial score (nSPS) is 20.6. The van der Waals surface area contributed by atoms with E-state index in [0.29, 0.717) is 43.9 Å². The number of hydrogen-bond donors (Lipinski definition) is 1. The van der Waals surface area contributed by atoms with Gasteiger partial charge in [-0.1, -0.05) is 6.07 Å². The van der Waals surface area contributed by atoms with Crippen LogP contribution in [0.1, 0.15) is 28.9 Å². The molecule has 3 amide bonds. The Hall–Kier alpha value is -3.42. The number of esters is 1. The minimum absolute atomic E-state index is 0.103. The van der Waals surface area contributed by atoms with Gasteiger partial charge in [-0.05, 0) is 49.2 Å². The van der Waals surface area contributed by atoms with Crippen LogP contribution >= 0.6 is 0 Å². The molecule has 1 aromatic heterocycles. The second kappa shape index (κ2) is 8.14. The van der Waals surface area contributed by atoms with E-state index < -0.39 is 11.4 Å². The molecule has 30 heavy (non-hydrogen) atoms. The van der Waals surface area contributed by atoms with Crippen LogP contribution in [0.25, 0.3) is 0 Å². The summed E-state index contributed by atoms with van der Waals surface area (Å²) in [6, 6.07) is 12.0. The number of benzene rings is 1. The molecule has 2 aliphatic rings. The third kappa shape index (κ3) is 3.85. The predicted molar refractivity (Wildman–Crippen MR) is 110 cm³/mol. The number of aromatic nitrogens is 1. The van der Waals surface area contributed by atoms with Crippen LogP contribution in [-0.2, 0) is 16.1 Å². The molecule has 2 aliphatic heterocycles. The summed E-state index contributed by atoms with van der Waals surface area (Å²) in [5.74, 6) is -0.324. The molecule has 1 unspecified atom stereocenters. The van der Waals surface area contributed by atoms with Gasteiger partial charge in [-0.3, -0.25) is 9.78 Å². The van der Waals surface area contributed by atoms with Crippen molar-refractivity contribution in [1.29, 1.82) is 0 Å². The summed E-state index contributed by atoms with van der Waals surface area (Å²) in [6.07, 6.45) is 3.14. The summed E-state index contributed by atoms with van der Waals surface area (Å²) in [4.78, 5) is 45.1. The molecule has 156 valence electrons. The molecule has 1 aromatic carbocycles. The number of nitrogens with zero attached hydrogens (tertiary/aromatic N) is 3. The summed E-state index contributed by atoms with van der Waals surface area (Å²) in [5, 5.41) is 2.84. The van der Waals surface area contributed by atoms with Crippen molar-refractivity contribution in [2.45, 2.75) is 19.4 Å². The van der Waals surface area contributed by atoms with Crippen molar-refractivity contribution in [1.82, 2.24) is 14.8 Å². The maximum absolute atomic E-state index is 13.1. The number of nitrogens with one attached hydrogen (secondary N) is 1. The molecule has 8 nitrogen and oxygen atoms in total. The standard InChI is InChI=1S/C22H24N4O4/c1-30-19(27)16-5-7-17(8-6-16)24-21(29)26-13-10-22(15-26)9-12-25(20(22)28)14-18-4-2-3-11-23-18/h2-8,11H,9-10,12-15H2,1H3,(H,24,29). The summed E-state index contributed by atoms with van der Waals surface area (Å²) >= 11 is 0. The van der Waals surface area contributed by atoms with Gasteiger partial charge >= 0.3 is 12.0 Å². The number of rotatable bonds is 4. The van der Waals surface area contributed by atoms with Crippen molar-refractivity contribution in [3.63, 3.8) is 0 Å². The van der Waals surface area contributed by atoms with Crippen molar-refractivity contribution < 1.29 is 19.1 Å². The van der Waals surface area contributed by atoms with Gasteiger partial charge in [0.15, 0.2) is 0 Å². The summed E-state index contributed by atoms with van der Waals surface area (Å²) in [7, 11) is 1.32. The first-order valence-corrected chi connectivity index (χ1v) is 9.94. The van der Waals surface area contributed by atoms with Gasteiger partial charge in [0.1, 0.15) is 0 Å². The average Bonchev–Trinajstić information content (AvgIpc) is 3.34. The van der Waals surface area contributed by atoms with Crippen LogP contribution in [0.4, 0.5) is 10.5 Å². The number of pyridine rings is 1. The van der Waals surface area contributed by atoms with E-state index in [0.717, 1.165) is 12.1 Å². The Bertz CT molecular complexity index is 947. The topological polar surface area (TPSA) is 91.8 Å². The molecule has 1 N–H and O–H groups in total. The van der Waals surface area contributed by atoms with Gasteiger partial charge in [-0.25, -0.2) is 9.59 Å². The largest absolute Gasteiger partial charge is 0.465 e. The van der Waals surface area contributed by atoms with Gasteiger partial charge in [0.05, 0.1) is 30.3 Å². The fourth-order valence-corrected chi connectivity index (χ4v) is 4.17. The molecule has 3 heterocycles. The molecule has 0 saturated carbocycles. The van der Waals surface area contributed by atoms with Crippen LogP contribution in [-0.4, -0.2) is 59.4 Å². The highest BCUT2D eigenvalue weighted by molar-refractivity contribution is 5.93. The van der Waals surface area contributed by atoms with Crippen molar-refractivity contribution in [3.05, 3.63) is 59.9 Å². The van der Waals surface area contributed by atoms with E-state index in [-0.39, 0.29) is 11.9 Å². The van der Waals surface area contributed by atoms with Gasteiger partial charge in [-0.2, -0.15) is 0 Å². The van der Waals surface area contributed by atoms with Gasteiger partial charge in [-0.15, -0.1) is 0 Å². The van der Waals surface area contributed by atoms with E-state index in [1.54, 1.807) is 35.4 Å². The van der Waals surface area contributed by atoms with E-state index in [4.69, 9.17) is 0 Å². The first-order chi connectivity index (χ1) is 14.5. The second-order valence-electron chi connectivity index (χ2n) is 7.75. The van der Waals surface area contributed by atoms with E-state index in [1.165, 1.54) is 7.11 Å². The molecule has 0 aliphatic carbocycles. The average molecular weight is 408 g/mol. The van der Waals surface area contributed by atoms with E-state index >= 15 is 0 Å². The van der Waals surface area contributed by atoms with Gasteiger partial charge < -0.3 is 19.9 Å². The SMILES string of the molecule is COC(=O)c1ccc(NC(=O)N2CCC3(CCN(Cc4ccccn4)C3=O)C2)cc1. The molecular formula is C22H24N4O4. The highest BCUT2D eigenvalue weighted by Crippen LogP contribution is 2.41. The van der Waals surface area contributed by atoms with Gasteiger partial charge in [0.2, 0.25) is 5.91 Å². The van der Waals surface area contributed by atoms with Crippen LogP contribution in [0.2, 0.25) is 0 Å². The Morgan fingerprint density at radius 1 is 1.13 bits per heavy atom. The predicted octanol–water partition coefficient (Wildman–Crippen LogP) is 2.52. The van der Waals surface area contributed by atoms with Gasteiger partial charge in [0, 0.05) is 31.5 Å². The summed E-state index contributed by atoms with van der Waals surface area (Å²) < 4.78 is 4.67. The number of ether oxygens (including phenoxy) is 1. The zero-order chi connectivity index (χ0) is 21.1. The fraction of sp³-hybridized carbons (Fsp3) is 0.364. The highest BCUT2D eigenvalue weighted by Gasteiger charge is 2.51. The number of urea groups is 1. The number of amides is 3. The number of likely N-dealkylation sites (tertiary alicyclic amines) is 2. The molecular weight excluding hydrogens is 384 g/mol. The zero-order valence-corrected chi connectivity index (χ0v) is 16.8. The Labute approximate surface area is 174 Å². The number of carbonyl (C=O) groups is 3. The van der Waals surface area contributed by atoms with Crippen molar-refractivity contribution in [2.75, 3.05) is 32.1 Å². The lowest BCUT2D eigenvalue weighted by Gasteiger charge is -2.23. The summed E-state index contributed by atoms with van der Waals surface area (Å²) in [6.45, 7) is 2.13. The Morgan fingerprint density at radius 2 is 1.90 bits per heavy atom. The van der Waals surface area contributed by atoms with Crippen LogP contribution in [0.15, 0.2) is 48.7 Å². The Kier molecular flexibility index (Phi) is 5.39. The monoisotopic (exact) mass is 408 g/mol. The van der Waals surface area contributed by atoms with Crippen molar-refractivity contribution in [3.8, 4) is 0 Å². The smallest absolute Gasteiger partial charge is 0.337 e. The molecule has 0 bridgehead atoms. The summed E-state index contributed by atoms with van der Waals surface area (Å²) in [5.41, 5.74) is 1.37. The van der Waals surface area contributed by atoms with Crippen LogP contribution in [0.3, 0.4) is 0 Å². The van der Waals surface area contributed by atoms with E-state index in [9.17, 15) is 14.4 Å². The number of carbonyl (C=O) groups excluding carboxylic acids is 3. The van der Waals surface area contributed by atoms with E-state index in [2.05, 4.69) is 15.0 Å². The third-order valence-corrected chi connectivity index (χ3v) is 5.88. The first-order valence-electron chi connectivity index (χ1n) is 9.94. The molecule has 1 spiro atoms. The van der Waals surface area contributed by atoms with Crippen LogP contribution < -0.4 is 5.32 Å². The fourth-order valence-electron chi connectivity index (χ4n) is 4.17. The third-order valence-electron chi connectivity index (χ3n) is 5.88. The highest BCUT2D eigenvalue weighted by atomic mass is 16.5. The maximum Gasteiger partial charge on any atom is 0.337 e. The lowest BCUT2D eigenvalue weighted by Crippen LogP contribution is -2.39. The zero-order valence-electron chi connectivity index (χ0n) is 16.8. The van der Waals surface area contributed by atoms with Gasteiger partial charge in [0.25, 0.3) is 0 Å². The maximum atomic E-state index is 13.1. The van der Waals surface area contributed by atoms with Crippen molar-refractivity contribution in [2.24, 2.45) is 5.41 Å². The van der Waals surface area contributed by atoms with Crippen LogP contribution in [0, 0.1) is 5.41 Å². The molecule has 4 rings (SSSR count). The lowest BCUT2D eigenvalue weighted by molar-refractivity contribution is -0.135.